The third-order valence-electron chi connectivity index (χ3n) is 3.95. The highest BCUT2D eigenvalue weighted by atomic mass is 16.4. The fourth-order valence-electron chi connectivity index (χ4n) is 2.24. The van der Waals surface area contributed by atoms with Crippen molar-refractivity contribution in [3.63, 3.8) is 0 Å². The molecule has 0 aliphatic rings. The van der Waals surface area contributed by atoms with Gasteiger partial charge in [-0.3, -0.25) is 4.48 Å². The average molecular weight is 246 g/mol. The van der Waals surface area contributed by atoms with E-state index >= 15 is 0 Å². The first-order chi connectivity index (χ1) is 8.50. The van der Waals surface area contributed by atoms with Crippen LogP contribution in [-0.2, 0) is 0 Å². The summed E-state index contributed by atoms with van der Waals surface area (Å²) in [6, 6.07) is 7.71. The predicted molar refractivity (Wildman–Crippen MR) is 76.0 cm³/mol. The molecule has 1 heterocycles. The lowest BCUT2D eigenvalue weighted by molar-refractivity contribution is 0.365. The number of quaternary nitrogens is 1. The summed E-state index contributed by atoms with van der Waals surface area (Å²) >= 11 is 0. The average Bonchev–Trinajstić information content (AvgIpc) is 2.36. The van der Waals surface area contributed by atoms with Gasteiger partial charge in [-0.1, -0.05) is 0 Å². The predicted octanol–water partition coefficient (Wildman–Crippen LogP) is 3.08. The summed E-state index contributed by atoms with van der Waals surface area (Å²) in [4.78, 5) is 11.4. The van der Waals surface area contributed by atoms with Crippen molar-refractivity contribution in [2.75, 3.05) is 20.1 Å². The molecule has 0 atom stereocenters. The van der Waals surface area contributed by atoms with Gasteiger partial charge in [0.1, 0.15) is 11.3 Å². The highest BCUT2D eigenvalue weighted by Crippen LogP contribution is 2.26. The molecule has 0 saturated carbocycles. The Labute approximate surface area is 107 Å². The Morgan fingerprint density at radius 1 is 1.17 bits per heavy atom. The number of fused-ring (bicyclic) bond motifs is 1. The Morgan fingerprint density at radius 3 is 2.44 bits per heavy atom. The van der Waals surface area contributed by atoms with Crippen LogP contribution < -0.4 is 10.1 Å². The molecule has 0 bridgehead atoms. The van der Waals surface area contributed by atoms with Gasteiger partial charge in [-0.25, -0.2) is 4.79 Å². The zero-order valence-corrected chi connectivity index (χ0v) is 11.5. The van der Waals surface area contributed by atoms with E-state index in [1.807, 2.05) is 19.1 Å². The lowest BCUT2D eigenvalue weighted by Gasteiger charge is -2.31. The van der Waals surface area contributed by atoms with Gasteiger partial charge in [-0.05, 0) is 38.5 Å². The lowest BCUT2D eigenvalue weighted by atomic mass is 10.1. The van der Waals surface area contributed by atoms with Gasteiger partial charge >= 0.3 is 5.63 Å². The molecule has 0 amide bonds. The lowest BCUT2D eigenvalue weighted by Crippen LogP contribution is -2.44. The molecule has 2 aromatic rings. The zero-order chi connectivity index (χ0) is 13.3. The molecule has 0 N–H and O–H groups in total. The van der Waals surface area contributed by atoms with Crippen molar-refractivity contribution in [2.24, 2.45) is 0 Å². The van der Waals surface area contributed by atoms with Crippen LogP contribution in [0.5, 0.6) is 0 Å². The van der Waals surface area contributed by atoms with Crippen molar-refractivity contribution < 1.29 is 4.42 Å². The first kappa shape index (κ1) is 12.8. The highest BCUT2D eigenvalue weighted by molar-refractivity contribution is 5.83. The van der Waals surface area contributed by atoms with E-state index in [4.69, 9.17) is 4.42 Å². The largest absolute Gasteiger partial charge is 0.422 e. The second kappa shape index (κ2) is 4.58. The zero-order valence-electron chi connectivity index (χ0n) is 11.5. The summed E-state index contributed by atoms with van der Waals surface area (Å²) in [6.07, 6.45) is 0. The van der Waals surface area contributed by atoms with Crippen LogP contribution in [0.4, 0.5) is 5.69 Å². The number of nitrogens with zero attached hydrogens (tertiary/aromatic N) is 1. The number of aryl methyl sites for hydroxylation is 1. The summed E-state index contributed by atoms with van der Waals surface area (Å²) in [7, 11) is 2.19. The SMILES string of the molecule is CC[N+](C)(CC)c1ccc2c(C)cc(=O)oc2c1. The van der Waals surface area contributed by atoms with E-state index in [0.717, 1.165) is 28.5 Å². The van der Waals surface area contributed by atoms with Crippen LogP contribution >= 0.6 is 0 Å². The number of benzene rings is 1. The Kier molecular flexibility index (Phi) is 3.26. The summed E-state index contributed by atoms with van der Waals surface area (Å²) in [6.45, 7) is 8.29. The topological polar surface area (TPSA) is 30.2 Å². The molecule has 18 heavy (non-hydrogen) atoms. The van der Waals surface area contributed by atoms with Crippen molar-refractivity contribution in [1.82, 2.24) is 4.48 Å². The van der Waals surface area contributed by atoms with Crippen molar-refractivity contribution >= 4 is 16.7 Å². The maximum Gasteiger partial charge on any atom is 0.336 e. The molecule has 3 nitrogen and oxygen atoms in total. The van der Waals surface area contributed by atoms with Crippen LogP contribution in [0, 0.1) is 6.92 Å². The monoisotopic (exact) mass is 246 g/mol. The van der Waals surface area contributed by atoms with Gasteiger partial charge in [0.25, 0.3) is 0 Å². The molecule has 1 aromatic carbocycles. The standard InChI is InChI=1S/C15H20NO2/c1-5-16(4,6-2)12-7-8-13-11(3)9-15(17)18-14(13)10-12/h7-10H,5-6H2,1-4H3/q+1. The Bertz CT molecular complexity index is 624. The Morgan fingerprint density at radius 2 is 1.83 bits per heavy atom. The molecule has 0 saturated heterocycles. The third-order valence-corrected chi connectivity index (χ3v) is 3.95. The minimum absolute atomic E-state index is 0.278. The van der Waals surface area contributed by atoms with Crippen molar-refractivity contribution in [2.45, 2.75) is 20.8 Å². The first-order valence-electron chi connectivity index (χ1n) is 6.40. The van der Waals surface area contributed by atoms with E-state index in [9.17, 15) is 4.79 Å². The molecule has 1 aromatic heterocycles. The smallest absolute Gasteiger partial charge is 0.336 e. The molecular weight excluding hydrogens is 226 g/mol. The number of rotatable bonds is 3. The van der Waals surface area contributed by atoms with Crippen LogP contribution in [0.25, 0.3) is 11.0 Å². The second-order valence-corrected chi connectivity index (χ2v) is 4.96. The fraction of sp³-hybridized carbons (Fsp3) is 0.400. The maximum atomic E-state index is 11.4. The van der Waals surface area contributed by atoms with E-state index in [-0.39, 0.29) is 5.63 Å². The molecule has 3 heteroatoms. The van der Waals surface area contributed by atoms with Crippen molar-refractivity contribution in [3.05, 3.63) is 40.2 Å². The maximum absolute atomic E-state index is 11.4. The van der Waals surface area contributed by atoms with E-state index in [1.54, 1.807) is 0 Å². The quantitative estimate of drug-likeness (QED) is 0.615. The van der Waals surface area contributed by atoms with E-state index in [0.29, 0.717) is 5.58 Å². The van der Waals surface area contributed by atoms with Gasteiger partial charge < -0.3 is 4.42 Å². The number of hydrogen-bond donors (Lipinski definition) is 0. The molecule has 0 aliphatic carbocycles. The summed E-state index contributed by atoms with van der Waals surface area (Å²) in [5.74, 6) is 0. The van der Waals surface area contributed by atoms with Gasteiger partial charge in [0, 0.05) is 17.5 Å². The molecule has 96 valence electrons. The first-order valence-corrected chi connectivity index (χ1v) is 6.40. The molecule has 0 unspecified atom stereocenters. The molecule has 0 aliphatic heterocycles. The van der Waals surface area contributed by atoms with Gasteiger partial charge in [-0.2, -0.15) is 0 Å². The van der Waals surface area contributed by atoms with Crippen LogP contribution in [0.3, 0.4) is 0 Å². The van der Waals surface area contributed by atoms with Gasteiger partial charge in [0.2, 0.25) is 0 Å². The van der Waals surface area contributed by atoms with Crippen LogP contribution in [0.15, 0.2) is 33.5 Å². The second-order valence-electron chi connectivity index (χ2n) is 4.96. The van der Waals surface area contributed by atoms with Crippen molar-refractivity contribution in [3.8, 4) is 0 Å². The molecule has 2 rings (SSSR count). The molecule has 0 radical (unpaired) electrons. The minimum Gasteiger partial charge on any atom is -0.422 e. The molecule has 0 spiro atoms. The highest BCUT2D eigenvalue weighted by Gasteiger charge is 2.21. The van der Waals surface area contributed by atoms with Crippen LogP contribution in [0.1, 0.15) is 19.4 Å². The molecular formula is C15H20NO2+. The van der Waals surface area contributed by atoms with Gasteiger partial charge in [0.15, 0.2) is 0 Å². The van der Waals surface area contributed by atoms with E-state index in [1.165, 1.54) is 11.8 Å². The van der Waals surface area contributed by atoms with Gasteiger partial charge in [0.05, 0.1) is 20.1 Å². The summed E-state index contributed by atoms with van der Waals surface area (Å²) in [5, 5.41) is 1.01. The molecule has 0 fully saturated rings. The fourth-order valence-corrected chi connectivity index (χ4v) is 2.24. The Balaban J connectivity index is 2.67. The summed E-state index contributed by atoms with van der Waals surface area (Å²) in [5.41, 5.74) is 2.55. The Hall–Kier alpha value is -1.61. The van der Waals surface area contributed by atoms with Crippen molar-refractivity contribution in [1.29, 1.82) is 0 Å². The van der Waals surface area contributed by atoms with E-state index < -0.39 is 0 Å². The number of hydrogen-bond acceptors (Lipinski definition) is 2. The summed E-state index contributed by atoms with van der Waals surface area (Å²) < 4.78 is 6.14. The third kappa shape index (κ3) is 2.06. The van der Waals surface area contributed by atoms with Crippen LogP contribution in [-0.4, -0.2) is 20.1 Å². The van der Waals surface area contributed by atoms with Gasteiger partial charge in [-0.15, -0.1) is 0 Å². The van der Waals surface area contributed by atoms with Crippen LogP contribution in [0.2, 0.25) is 0 Å². The normalized spacial score (nSPS) is 12.0. The van der Waals surface area contributed by atoms with E-state index in [2.05, 4.69) is 27.0 Å². The minimum atomic E-state index is -0.278.